The van der Waals surface area contributed by atoms with Gasteiger partial charge in [-0.05, 0) is 48.2 Å². The summed E-state index contributed by atoms with van der Waals surface area (Å²) >= 11 is 1.53. The third-order valence-electron chi connectivity index (χ3n) is 7.41. The maximum absolute atomic E-state index is 13.8. The van der Waals surface area contributed by atoms with Crippen LogP contribution < -0.4 is 21.3 Å². The predicted molar refractivity (Wildman–Crippen MR) is 189 cm³/mol. The highest BCUT2D eigenvalue weighted by Crippen LogP contribution is 2.14. The first-order chi connectivity index (χ1) is 21.2. The molecule has 5 unspecified atom stereocenters. The first-order valence-corrected chi connectivity index (χ1v) is 17.5. The molecule has 0 fully saturated rings. The highest BCUT2D eigenvalue weighted by atomic mass is 32.2. The van der Waals surface area contributed by atoms with E-state index < -0.39 is 48.0 Å². The van der Waals surface area contributed by atoms with Gasteiger partial charge in [0.15, 0.2) is 5.78 Å². The van der Waals surface area contributed by atoms with Crippen molar-refractivity contribution in [3.63, 3.8) is 0 Å². The maximum Gasteiger partial charge on any atom is 0.407 e. The molecular formula is C34H64N4O6S. The number of carbonyl (C=O) groups excluding carboxylic acids is 5. The monoisotopic (exact) mass is 656 g/mol. The van der Waals surface area contributed by atoms with E-state index in [0.717, 1.165) is 5.56 Å². The number of alkyl carbamates (subject to hydrolysis) is 1. The Morgan fingerprint density at radius 3 is 1.91 bits per heavy atom. The summed E-state index contributed by atoms with van der Waals surface area (Å²) in [6.07, 6.45) is 2.81. The van der Waals surface area contributed by atoms with Crippen LogP contribution in [0.2, 0.25) is 0 Å². The molecule has 10 nitrogen and oxygen atoms in total. The molecule has 4 amide bonds. The fraction of sp³-hybridized carbons (Fsp3) is 0.676. The minimum Gasteiger partial charge on any atom is -0.449 e. The van der Waals surface area contributed by atoms with Crippen molar-refractivity contribution in [1.29, 1.82) is 0 Å². The van der Waals surface area contributed by atoms with Crippen molar-refractivity contribution in [3.8, 4) is 0 Å². The molecule has 0 radical (unpaired) electrons. The molecule has 1 rings (SSSR count). The summed E-state index contributed by atoms with van der Waals surface area (Å²) in [5, 5.41) is 11.3. The van der Waals surface area contributed by atoms with Gasteiger partial charge in [-0.15, -0.1) is 0 Å². The smallest absolute Gasteiger partial charge is 0.407 e. The van der Waals surface area contributed by atoms with Crippen LogP contribution in [0.3, 0.4) is 0 Å². The van der Waals surface area contributed by atoms with Crippen molar-refractivity contribution in [2.45, 2.75) is 105 Å². The number of ketones is 1. The van der Waals surface area contributed by atoms with Crippen molar-refractivity contribution >= 4 is 41.4 Å². The molecule has 0 aliphatic carbocycles. The number of hydrogen-bond donors (Lipinski definition) is 4. The van der Waals surface area contributed by atoms with Gasteiger partial charge in [-0.1, -0.05) is 92.1 Å². The number of benzene rings is 1. The Balaban J connectivity index is -0.00000253. The number of Topliss-reactive ketones (excluding diaryl/α,β-unsaturated/α-hetero) is 1. The largest absolute Gasteiger partial charge is 0.449 e. The van der Waals surface area contributed by atoms with Crippen LogP contribution >= 0.6 is 11.8 Å². The molecule has 262 valence electrons. The molecule has 0 saturated carbocycles. The minimum absolute atomic E-state index is 0. The van der Waals surface area contributed by atoms with Gasteiger partial charge < -0.3 is 26.0 Å². The van der Waals surface area contributed by atoms with Crippen molar-refractivity contribution in [3.05, 3.63) is 35.9 Å². The average Bonchev–Trinajstić information content (AvgIpc) is 2.99. The number of ether oxygens (including phenoxy) is 1. The van der Waals surface area contributed by atoms with E-state index in [1.54, 1.807) is 13.8 Å². The SMILES string of the molecule is CCC(C)C(NC(=O)C(CCSC)NC(=O)OCC(C)C)C(=O)NC(Cc1ccccc1)C(=O)NC(CC(C)C)C(=O)C(C)C.[HH].[HH].[HH].[HH]. The summed E-state index contributed by atoms with van der Waals surface area (Å²) in [4.78, 5) is 66.4. The van der Waals surface area contributed by atoms with Crippen LogP contribution in [-0.2, 0) is 30.3 Å². The fourth-order valence-electron chi connectivity index (χ4n) is 4.60. The topological polar surface area (TPSA) is 143 Å². The molecule has 11 heteroatoms. The van der Waals surface area contributed by atoms with Gasteiger partial charge in [-0.2, -0.15) is 11.8 Å². The van der Waals surface area contributed by atoms with E-state index in [1.165, 1.54) is 11.8 Å². The molecule has 1 aromatic rings. The van der Waals surface area contributed by atoms with Crippen molar-refractivity contribution in [2.75, 3.05) is 18.6 Å². The van der Waals surface area contributed by atoms with E-state index in [-0.39, 0.29) is 48.2 Å². The van der Waals surface area contributed by atoms with E-state index in [4.69, 9.17) is 4.74 Å². The summed E-state index contributed by atoms with van der Waals surface area (Å²) in [5.41, 5.74) is 0.832. The first-order valence-electron chi connectivity index (χ1n) is 16.1. The molecule has 45 heavy (non-hydrogen) atoms. The Morgan fingerprint density at radius 1 is 0.778 bits per heavy atom. The standard InChI is InChI=1S/C34H56N4O6S.4H2/c1-10-24(8)29(38-31(40)26(16-17-45-9)37-34(43)44-20-22(4)5)33(42)36-28(19-25-14-12-11-13-15-25)32(41)35-27(18-21(2)3)30(39)23(6)7;;;;/h11-15,21-24,26-29H,10,16-20H2,1-9H3,(H,35,41)(H,36,42)(H,37,43)(H,38,40);4*1H. The number of rotatable bonds is 20. The molecule has 0 aromatic heterocycles. The van der Waals surface area contributed by atoms with Crippen LogP contribution in [0.5, 0.6) is 0 Å². The molecule has 0 heterocycles. The van der Waals surface area contributed by atoms with Crippen LogP contribution in [0.4, 0.5) is 4.79 Å². The van der Waals surface area contributed by atoms with Crippen LogP contribution in [0.25, 0.3) is 0 Å². The summed E-state index contributed by atoms with van der Waals surface area (Å²) < 4.78 is 5.22. The second-order valence-corrected chi connectivity index (χ2v) is 13.8. The fourth-order valence-corrected chi connectivity index (χ4v) is 5.07. The zero-order valence-corrected chi connectivity index (χ0v) is 29.4. The maximum atomic E-state index is 13.8. The zero-order chi connectivity index (χ0) is 34.1. The quantitative estimate of drug-likeness (QED) is 0.145. The highest BCUT2D eigenvalue weighted by molar-refractivity contribution is 7.98. The second-order valence-electron chi connectivity index (χ2n) is 12.8. The molecule has 0 bridgehead atoms. The lowest BCUT2D eigenvalue weighted by Crippen LogP contribution is -2.60. The Morgan fingerprint density at radius 2 is 1.38 bits per heavy atom. The van der Waals surface area contributed by atoms with Gasteiger partial charge in [0.1, 0.15) is 18.1 Å². The lowest BCUT2D eigenvalue weighted by molar-refractivity contribution is -0.135. The lowest BCUT2D eigenvalue weighted by atomic mass is 9.93. The van der Waals surface area contributed by atoms with Crippen LogP contribution in [0.1, 0.15) is 85.9 Å². The van der Waals surface area contributed by atoms with E-state index in [9.17, 15) is 24.0 Å². The summed E-state index contributed by atoms with van der Waals surface area (Å²) in [5.74, 6) is -1.19. The van der Waals surface area contributed by atoms with Gasteiger partial charge in [0.2, 0.25) is 17.7 Å². The predicted octanol–water partition coefficient (Wildman–Crippen LogP) is 5.49. The van der Waals surface area contributed by atoms with Crippen LogP contribution in [0.15, 0.2) is 30.3 Å². The van der Waals surface area contributed by atoms with Crippen molar-refractivity contribution in [1.82, 2.24) is 21.3 Å². The molecule has 0 aliphatic rings. The molecule has 1 aromatic carbocycles. The number of hydrogen-bond acceptors (Lipinski definition) is 7. The zero-order valence-electron chi connectivity index (χ0n) is 28.6. The van der Waals surface area contributed by atoms with E-state index >= 15 is 0 Å². The van der Waals surface area contributed by atoms with Crippen LogP contribution in [-0.4, -0.2) is 72.4 Å². The molecule has 4 N–H and O–H groups in total. The Hall–Kier alpha value is -3.08. The summed E-state index contributed by atoms with van der Waals surface area (Å²) in [7, 11) is 0. The van der Waals surface area contributed by atoms with Crippen molar-refractivity contribution in [2.24, 2.45) is 23.7 Å². The number of nitrogens with one attached hydrogen (secondary N) is 4. The number of carbonyl (C=O) groups is 5. The van der Waals surface area contributed by atoms with Gasteiger partial charge in [0.05, 0.1) is 12.6 Å². The average molecular weight is 657 g/mol. The summed E-state index contributed by atoms with van der Waals surface area (Å²) in [6.45, 7) is 15.4. The Kier molecular flexibility index (Phi) is 18.5. The molecular weight excluding hydrogens is 592 g/mol. The Labute approximate surface area is 280 Å². The van der Waals surface area contributed by atoms with Gasteiger partial charge >= 0.3 is 6.09 Å². The van der Waals surface area contributed by atoms with Gasteiger partial charge in [0.25, 0.3) is 0 Å². The first kappa shape index (κ1) is 39.9. The van der Waals surface area contributed by atoms with Crippen molar-refractivity contribution < 1.29 is 34.4 Å². The normalized spacial score (nSPS) is 14.7. The second kappa shape index (κ2) is 20.9. The van der Waals surface area contributed by atoms with E-state index in [2.05, 4.69) is 21.3 Å². The number of thioether (sulfide) groups is 1. The summed E-state index contributed by atoms with van der Waals surface area (Å²) in [6, 6.07) is 5.76. The third-order valence-corrected chi connectivity index (χ3v) is 8.06. The number of amides is 4. The van der Waals surface area contributed by atoms with Gasteiger partial charge in [0, 0.05) is 18.0 Å². The van der Waals surface area contributed by atoms with Gasteiger partial charge in [-0.3, -0.25) is 19.2 Å². The molecule has 0 saturated heterocycles. The van der Waals surface area contributed by atoms with Crippen LogP contribution in [0, 0.1) is 23.7 Å². The molecule has 0 spiro atoms. The highest BCUT2D eigenvalue weighted by Gasteiger charge is 2.34. The Bertz CT molecular complexity index is 1100. The molecule has 5 atom stereocenters. The molecule has 0 aliphatic heterocycles. The van der Waals surface area contributed by atoms with E-state index in [1.807, 2.05) is 78.1 Å². The van der Waals surface area contributed by atoms with E-state index in [0.29, 0.717) is 25.0 Å². The van der Waals surface area contributed by atoms with Gasteiger partial charge in [-0.25, -0.2) is 4.79 Å². The lowest BCUT2D eigenvalue weighted by Gasteiger charge is -2.29. The minimum atomic E-state index is -0.991. The third kappa shape index (κ3) is 15.2.